The van der Waals surface area contributed by atoms with Crippen molar-refractivity contribution in [1.29, 1.82) is 0 Å². The molecule has 92 valence electrons. The van der Waals surface area contributed by atoms with E-state index < -0.39 is 17.5 Å². The second-order valence-electron chi connectivity index (χ2n) is 5.08. The zero-order chi connectivity index (χ0) is 12.3. The van der Waals surface area contributed by atoms with Gasteiger partial charge in [0, 0.05) is 6.54 Å². The fourth-order valence-electron chi connectivity index (χ4n) is 1.56. The third-order valence-electron chi connectivity index (χ3n) is 2.61. The SMILES string of the molecule is CC(C)(C)C(=O)OC(=O)N1CCC[C@@H]1CO. The monoisotopic (exact) mass is 229 g/mol. The number of aliphatic hydroxyl groups is 1. The first-order chi connectivity index (χ1) is 7.36. The molecule has 0 unspecified atom stereocenters. The van der Waals surface area contributed by atoms with Crippen LogP contribution in [0.1, 0.15) is 33.6 Å². The minimum absolute atomic E-state index is 0.0845. The van der Waals surface area contributed by atoms with Crippen LogP contribution in [0.4, 0.5) is 4.79 Å². The summed E-state index contributed by atoms with van der Waals surface area (Å²) in [5.41, 5.74) is -0.690. The summed E-state index contributed by atoms with van der Waals surface area (Å²) in [7, 11) is 0. The molecule has 0 aromatic rings. The van der Waals surface area contributed by atoms with Crippen LogP contribution in [0.25, 0.3) is 0 Å². The molecule has 1 aliphatic rings. The normalized spacial score (nSPS) is 21.0. The predicted molar refractivity (Wildman–Crippen MR) is 57.8 cm³/mol. The molecule has 16 heavy (non-hydrogen) atoms. The standard InChI is InChI=1S/C11H19NO4/c1-11(2,3)9(14)16-10(15)12-6-4-5-8(12)7-13/h8,13H,4-7H2,1-3H3/t8-/m1/s1. The first-order valence-corrected chi connectivity index (χ1v) is 5.50. The van der Waals surface area contributed by atoms with E-state index in [1.54, 1.807) is 20.8 Å². The Morgan fingerprint density at radius 2 is 2.06 bits per heavy atom. The predicted octanol–water partition coefficient (Wildman–Crippen LogP) is 1.15. The lowest BCUT2D eigenvalue weighted by molar-refractivity contribution is -0.147. The van der Waals surface area contributed by atoms with Gasteiger partial charge in [-0.15, -0.1) is 0 Å². The van der Waals surface area contributed by atoms with Crippen molar-refractivity contribution in [1.82, 2.24) is 4.90 Å². The van der Waals surface area contributed by atoms with Gasteiger partial charge in [0.2, 0.25) is 0 Å². The molecule has 1 rings (SSSR count). The van der Waals surface area contributed by atoms with Gasteiger partial charge >= 0.3 is 12.1 Å². The Kier molecular flexibility index (Phi) is 3.91. The fraction of sp³-hybridized carbons (Fsp3) is 0.818. The van der Waals surface area contributed by atoms with Gasteiger partial charge < -0.3 is 14.7 Å². The summed E-state index contributed by atoms with van der Waals surface area (Å²) >= 11 is 0. The van der Waals surface area contributed by atoms with Crippen molar-refractivity contribution in [2.45, 2.75) is 39.7 Å². The number of aliphatic hydroxyl groups excluding tert-OH is 1. The number of ether oxygens (including phenoxy) is 1. The molecular formula is C11H19NO4. The molecule has 0 aliphatic carbocycles. The molecule has 0 aromatic heterocycles. The molecule has 1 saturated heterocycles. The lowest BCUT2D eigenvalue weighted by Gasteiger charge is -2.23. The van der Waals surface area contributed by atoms with Gasteiger partial charge in [-0.3, -0.25) is 4.79 Å². The molecule has 1 fully saturated rings. The zero-order valence-electron chi connectivity index (χ0n) is 10.0. The largest absolute Gasteiger partial charge is 0.417 e. The number of carbonyl (C=O) groups is 2. The Hall–Kier alpha value is -1.10. The highest BCUT2D eigenvalue weighted by molar-refractivity contribution is 5.87. The molecule has 5 heteroatoms. The van der Waals surface area contributed by atoms with Crippen LogP contribution in [-0.4, -0.2) is 41.3 Å². The van der Waals surface area contributed by atoms with Gasteiger partial charge in [-0.2, -0.15) is 0 Å². The molecule has 0 bridgehead atoms. The lowest BCUT2D eigenvalue weighted by atomic mass is 9.97. The Morgan fingerprint density at radius 3 is 2.56 bits per heavy atom. The Labute approximate surface area is 95.4 Å². The van der Waals surface area contributed by atoms with Gasteiger partial charge in [0.05, 0.1) is 18.1 Å². The highest BCUT2D eigenvalue weighted by Gasteiger charge is 2.33. The first kappa shape index (κ1) is 13.0. The van der Waals surface area contributed by atoms with Crippen molar-refractivity contribution < 1.29 is 19.4 Å². The molecular weight excluding hydrogens is 210 g/mol. The summed E-state index contributed by atoms with van der Waals surface area (Å²) in [5, 5.41) is 9.04. The second-order valence-corrected chi connectivity index (χ2v) is 5.08. The molecule has 1 N–H and O–H groups in total. The number of hydrogen-bond donors (Lipinski definition) is 1. The van der Waals surface area contributed by atoms with Crippen molar-refractivity contribution in [3.05, 3.63) is 0 Å². The van der Waals surface area contributed by atoms with E-state index in [4.69, 9.17) is 9.84 Å². The van der Waals surface area contributed by atoms with Gasteiger partial charge in [-0.1, -0.05) is 0 Å². The molecule has 0 radical (unpaired) electrons. The maximum Gasteiger partial charge on any atom is 0.417 e. The van der Waals surface area contributed by atoms with Gasteiger partial charge in [0.25, 0.3) is 0 Å². The van der Waals surface area contributed by atoms with Crippen LogP contribution in [0, 0.1) is 5.41 Å². The van der Waals surface area contributed by atoms with E-state index in [2.05, 4.69) is 0 Å². The Bertz CT molecular complexity index is 282. The quantitative estimate of drug-likeness (QED) is 0.541. The van der Waals surface area contributed by atoms with Crippen molar-refractivity contribution in [2.75, 3.05) is 13.2 Å². The van der Waals surface area contributed by atoms with Crippen LogP contribution >= 0.6 is 0 Å². The van der Waals surface area contributed by atoms with E-state index in [0.717, 1.165) is 12.8 Å². The molecule has 0 saturated carbocycles. The van der Waals surface area contributed by atoms with Crippen LogP contribution in [-0.2, 0) is 9.53 Å². The van der Waals surface area contributed by atoms with E-state index in [1.165, 1.54) is 4.90 Å². The van der Waals surface area contributed by atoms with Gasteiger partial charge in [0.15, 0.2) is 0 Å². The Balaban J connectivity index is 2.56. The van der Waals surface area contributed by atoms with E-state index in [0.29, 0.717) is 6.54 Å². The topological polar surface area (TPSA) is 66.8 Å². The number of amides is 1. The number of nitrogens with zero attached hydrogens (tertiary/aromatic N) is 1. The zero-order valence-corrected chi connectivity index (χ0v) is 10.0. The second kappa shape index (κ2) is 4.82. The Morgan fingerprint density at radius 1 is 1.44 bits per heavy atom. The molecule has 5 nitrogen and oxygen atoms in total. The highest BCUT2D eigenvalue weighted by Crippen LogP contribution is 2.20. The molecule has 1 aliphatic heterocycles. The van der Waals surface area contributed by atoms with Crippen molar-refractivity contribution in [3.8, 4) is 0 Å². The van der Waals surface area contributed by atoms with E-state index in [-0.39, 0.29) is 12.6 Å². The summed E-state index contributed by atoms with van der Waals surface area (Å²) in [6.07, 6.45) is 0.954. The number of rotatable bonds is 1. The summed E-state index contributed by atoms with van der Waals surface area (Å²) in [4.78, 5) is 24.6. The van der Waals surface area contributed by atoms with Gasteiger partial charge in [-0.25, -0.2) is 4.79 Å². The fourth-order valence-corrected chi connectivity index (χ4v) is 1.56. The summed E-state index contributed by atoms with van der Waals surface area (Å²) in [6, 6.07) is -0.208. The maximum atomic E-state index is 11.6. The minimum atomic E-state index is -0.690. The van der Waals surface area contributed by atoms with E-state index in [1.807, 2.05) is 0 Å². The van der Waals surface area contributed by atoms with E-state index in [9.17, 15) is 9.59 Å². The number of esters is 1. The van der Waals surface area contributed by atoms with Gasteiger partial charge in [-0.05, 0) is 33.6 Å². The number of hydrogen-bond acceptors (Lipinski definition) is 4. The van der Waals surface area contributed by atoms with Crippen molar-refractivity contribution in [3.63, 3.8) is 0 Å². The average molecular weight is 229 g/mol. The molecule has 0 aromatic carbocycles. The van der Waals surface area contributed by atoms with E-state index >= 15 is 0 Å². The molecule has 1 atom stereocenters. The minimum Gasteiger partial charge on any atom is -0.394 e. The van der Waals surface area contributed by atoms with Crippen molar-refractivity contribution in [2.24, 2.45) is 5.41 Å². The van der Waals surface area contributed by atoms with Crippen molar-refractivity contribution >= 4 is 12.1 Å². The summed E-state index contributed by atoms with van der Waals surface area (Å²) in [6.45, 7) is 5.53. The van der Waals surface area contributed by atoms with Crippen LogP contribution < -0.4 is 0 Å². The molecule has 1 amide bonds. The van der Waals surface area contributed by atoms with Crippen LogP contribution in [0.3, 0.4) is 0 Å². The van der Waals surface area contributed by atoms with Crippen LogP contribution in [0.2, 0.25) is 0 Å². The summed E-state index contributed by atoms with van der Waals surface area (Å²) < 4.78 is 4.77. The maximum absolute atomic E-state index is 11.6. The third-order valence-corrected chi connectivity index (χ3v) is 2.61. The molecule has 0 spiro atoms. The highest BCUT2D eigenvalue weighted by atomic mass is 16.6. The summed E-state index contributed by atoms with van der Waals surface area (Å²) in [5.74, 6) is -0.541. The van der Waals surface area contributed by atoms with Crippen LogP contribution in [0.5, 0.6) is 0 Å². The number of likely N-dealkylation sites (tertiary alicyclic amines) is 1. The van der Waals surface area contributed by atoms with Gasteiger partial charge in [0.1, 0.15) is 0 Å². The third kappa shape index (κ3) is 2.95. The van der Waals surface area contributed by atoms with Crippen LogP contribution in [0.15, 0.2) is 0 Å². The lowest BCUT2D eigenvalue weighted by Crippen LogP contribution is -2.40. The average Bonchev–Trinajstić information content (AvgIpc) is 2.63. The smallest absolute Gasteiger partial charge is 0.394 e. The number of carbonyl (C=O) groups excluding carboxylic acids is 2. The molecule has 1 heterocycles. The first-order valence-electron chi connectivity index (χ1n) is 5.50.